The molecule has 0 aromatic heterocycles. The van der Waals surface area contributed by atoms with Crippen molar-refractivity contribution in [3.63, 3.8) is 0 Å². The van der Waals surface area contributed by atoms with Gasteiger partial charge in [-0.15, -0.1) is 0 Å². The average molecular weight is 310 g/mol. The number of carbonyl (C=O) groups excluding carboxylic acids is 1. The maximum absolute atomic E-state index is 12.3. The standard InChI is InChI=1S/C19H22N2O2/c1-23-17-8-6-15(7-9-17)10-12-20-14-19(22)21-13-11-16-4-2-3-5-18(16)21/h2-9,20H,10-14H2,1H3. The van der Waals surface area contributed by atoms with Crippen molar-refractivity contribution in [1.82, 2.24) is 5.32 Å². The van der Waals surface area contributed by atoms with Crippen LogP contribution in [0.4, 0.5) is 5.69 Å². The Kier molecular flexibility index (Phi) is 4.93. The Morgan fingerprint density at radius 2 is 1.96 bits per heavy atom. The smallest absolute Gasteiger partial charge is 0.240 e. The molecular weight excluding hydrogens is 288 g/mol. The van der Waals surface area contributed by atoms with Gasteiger partial charge in [-0.2, -0.15) is 0 Å². The minimum Gasteiger partial charge on any atom is -0.497 e. The van der Waals surface area contributed by atoms with Crippen LogP contribution in [0.5, 0.6) is 5.75 Å². The molecule has 4 nitrogen and oxygen atoms in total. The third kappa shape index (κ3) is 3.71. The predicted octanol–water partition coefficient (Wildman–Crippen LogP) is 2.42. The van der Waals surface area contributed by atoms with Gasteiger partial charge in [-0.05, 0) is 48.7 Å². The molecule has 0 saturated carbocycles. The van der Waals surface area contributed by atoms with E-state index in [0.717, 1.165) is 37.4 Å². The van der Waals surface area contributed by atoms with E-state index < -0.39 is 0 Å². The van der Waals surface area contributed by atoms with Crippen LogP contribution in [0, 0.1) is 0 Å². The van der Waals surface area contributed by atoms with Crippen LogP contribution in [-0.2, 0) is 17.6 Å². The van der Waals surface area contributed by atoms with Gasteiger partial charge in [0.25, 0.3) is 0 Å². The maximum atomic E-state index is 12.3. The summed E-state index contributed by atoms with van der Waals surface area (Å²) < 4.78 is 5.15. The maximum Gasteiger partial charge on any atom is 0.240 e. The molecular formula is C19H22N2O2. The first kappa shape index (κ1) is 15.6. The summed E-state index contributed by atoms with van der Waals surface area (Å²) in [7, 11) is 1.67. The molecule has 0 fully saturated rings. The lowest BCUT2D eigenvalue weighted by atomic mass is 10.1. The number of ether oxygens (including phenoxy) is 1. The second kappa shape index (κ2) is 7.29. The van der Waals surface area contributed by atoms with E-state index in [1.165, 1.54) is 11.1 Å². The van der Waals surface area contributed by atoms with Crippen molar-refractivity contribution in [2.45, 2.75) is 12.8 Å². The van der Waals surface area contributed by atoms with Gasteiger partial charge >= 0.3 is 0 Å². The fourth-order valence-corrected chi connectivity index (χ4v) is 2.91. The number of hydrogen-bond acceptors (Lipinski definition) is 3. The molecule has 1 aliphatic rings. The molecule has 0 unspecified atom stereocenters. The lowest BCUT2D eigenvalue weighted by Crippen LogP contribution is -2.37. The van der Waals surface area contributed by atoms with Gasteiger partial charge < -0.3 is 15.0 Å². The van der Waals surface area contributed by atoms with Gasteiger partial charge in [0.2, 0.25) is 5.91 Å². The number of amides is 1. The van der Waals surface area contributed by atoms with Crippen LogP contribution in [-0.4, -0.2) is 32.7 Å². The van der Waals surface area contributed by atoms with Crippen molar-refractivity contribution in [2.24, 2.45) is 0 Å². The Morgan fingerprint density at radius 3 is 2.74 bits per heavy atom. The molecule has 0 radical (unpaired) electrons. The van der Waals surface area contributed by atoms with Crippen LogP contribution in [0.1, 0.15) is 11.1 Å². The Balaban J connectivity index is 1.45. The number of carbonyl (C=O) groups is 1. The number of nitrogens with one attached hydrogen (secondary N) is 1. The molecule has 1 amide bonds. The zero-order valence-corrected chi connectivity index (χ0v) is 13.4. The summed E-state index contributed by atoms with van der Waals surface area (Å²) in [4.78, 5) is 14.2. The summed E-state index contributed by atoms with van der Waals surface area (Å²) in [5, 5.41) is 3.25. The number of anilines is 1. The Labute approximate surface area is 137 Å². The van der Waals surface area contributed by atoms with Crippen LogP contribution in [0.2, 0.25) is 0 Å². The first-order valence-corrected chi connectivity index (χ1v) is 8.00. The molecule has 120 valence electrons. The third-order valence-electron chi connectivity index (χ3n) is 4.21. The zero-order valence-electron chi connectivity index (χ0n) is 13.4. The number of rotatable bonds is 6. The molecule has 0 bridgehead atoms. The van der Waals surface area contributed by atoms with Crippen molar-refractivity contribution in [3.8, 4) is 5.75 Å². The topological polar surface area (TPSA) is 41.6 Å². The summed E-state index contributed by atoms with van der Waals surface area (Å²) in [5.41, 5.74) is 3.56. The Hall–Kier alpha value is -2.33. The quantitative estimate of drug-likeness (QED) is 0.833. The predicted molar refractivity (Wildman–Crippen MR) is 92.1 cm³/mol. The molecule has 0 saturated heterocycles. The highest BCUT2D eigenvalue weighted by molar-refractivity contribution is 5.96. The fraction of sp³-hybridized carbons (Fsp3) is 0.316. The van der Waals surface area contributed by atoms with Crippen LogP contribution in [0.25, 0.3) is 0 Å². The van der Waals surface area contributed by atoms with Gasteiger partial charge in [-0.25, -0.2) is 0 Å². The molecule has 2 aromatic carbocycles. The summed E-state index contributed by atoms with van der Waals surface area (Å²) >= 11 is 0. The number of benzene rings is 2. The van der Waals surface area contributed by atoms with Crippen LogP contribution in [0.3, 0.4) is 0 Å². The minimum absolute atomic E-state index is 0.143. The van der Waals surface area contributed by atoms with Gasteiger partial charge in [0.15, 0.2) is 0 Å². The highest BCUT2D eigenvalue weighted by Gasteiger charge is 2.23. The van der Waals surface area contributed by atoms with E-state index in [0.29, 0.717) is 6.54 Å². The van der Waals surface area contributed by atoms with Crippen molar-refractivity contribution in [2.75, 3.05) is 31.6 Å². The van der Waals surface area contributed by atoms with Crippen LogP contribution < -0.4 is 15.0 Å². The normalized spacial score (nSPS) is 13.0. The molecule has 3 rings (SSSR count). The molecule has 2 aromatic rings. The Morgan fingerprint density at radius 1 is 1.17 bits per heavy atom. The van der Waals surface area contributed by atoms with Gasteiger partial charge in [0.1, 0.15) is 5.75 Å². The molecule has 1 aliphatic heterocycles. The second-order valence-corrected chi connectivity index (χ2v) is 5.70. The van der Waals surface area contributed by atoms with Gasteiger partial charge in [-0.1, -0.05) is 30.3 Å². The SMILES string of the molecule is COc1ccc(CCNCC(=O)N2CCc3ccccc32)cc1. The fourth-order valence-electron chi connectivity index (χ4n) is 2.91. The van der Waals surface area contributed by atoms with E-state index in [1.54, 1.807) is 7.11 Å². The van der Waals surface area contributed by atoms with E-state index in [4.69, 9.17) is 4.74 Å². The molecule has 0 atom stereocenters. The third-order valence-corrected chi connectivity index (χ3v) is 4.21. The molecule has 0 spiro atoms. The van der Waals surface area contributed by atoms with Crippen LogP contribution >= 0.6 is 0 Å². The average Bonchev–Trinajstić information content (AvgIpc) is 3.03. The number of nitrogens with zero attached hydrogens (tertiary/aromatic N) is 1. The minimum atomic E-state index is 0.143. The molecule has 4 heteroatoms. The first-order chi connectivity index (χ1) is 11.3. The van der Waals surface area contributed by atoms with Crippen molar-refractivity contribution >= 4 is 11.6 Å². The highest BCUT2D eigenvalue weighted by atomic mass is 16.5. The second-order valence-electron chi connectivity index (χ2n) is 5.70. The van der Waals surface area contributed by atoms with Crippen LogP contribution in [0.15, 0.2) is 48.5 Å². The van der Waals surface area contributed by atoms with Crippen molar-refractivity contribution in [1.29, 1.82) is 0 Å². The summed E-state index contributed by atoms with van der Waals surface area (Å²) in [6, 6.07) is 16.2. The largest absolute Gasteiger partial charge is 0.497 e. The van der Waals surface area contributed by atoms with E-state index in [-0.39, 0.29) is 5.91 Å². The highest BCUT2D eigenvalue weighted by Crippen LogP contribution is 2.27. The number of para-hydroxylation sites is 1. The van der Waals surface area contributed by atoms with E-state index in [2.05, 4.69) is 23.5 Å². The summed E-state index contributed by atoms with van der Waals surface area (Å²) in [5.74, 6) is 1.01. The zero-order chi connectivity index (χ0) is 16.1. The summed E-state index contributed by atoms with van der Waals surface area (Å²) in [6.07, 6.45) is 1.85. The lowest BCUT2D eigenvalue weighted by Gasteiger charge is -2.17. The van der Waals surface area contributed by atoms with E-state index >= 15 is 0 Å². The van der Waals surface area contributed by atoms with Crippen molar-refractivity contribution in [3.05, 3.63) is 59.7 Å². The van der Waals surface area contributed by atoms with E-state index in [9.17, 15) is 4.79 Å². The van der Waals surface area contributed by atoms with Gasteiger partial charge in [-0.3, -0.25) is 4.79 Å². The molecule has 0 aliphatic carbocycles. The monoisotopic (exact) mass is 310 g/mol. The van der Waals surface area contributed by atoms with E-state index in [1.807, 2.05) is 35.2 Å². The van der Waals surface area contributed by atoms with Gasteiger partial charge in [0.05, 0.1) is 13.7 Å². The number of fused-ring (bicyclic) bond motifs is 1. The molecule has 1 N–H and O–H groups in total. The number of methoxy groups -OCH3 is 1. The molecule has 1 heterocycles. The van der Waals surface area contributed by atoms with Crippen molar-refractivity contribution < 1.29 is 9.53 Å². The summed E-state index contributed by atoms with van der Waals surface area (Å²) in [6.45, 7) is 1.95. The lowest BCUT2D eigenvalue weighted by molar-refractivity contribution is -0.117. The molecule has 23 heavy (non-hydrogen) atoms. The Bertz CT molecular complexity index is 667. The first-order valence-electron chi connectivity index (χ1n) is 8.00. The number of hydrogen-bond donors (Lipinski definition) is 1. The van der Waals surface area contributed by atoms with Gasteiger partial charge in [0, 0.05) is 12.2 Å².